The van der Waals surface area contributed by atoms with Crippen LogP contribution in [0.2, 0.25) is 0 Å². The van der Waals surface area contributed by atoms with Crippen molar-refractivity contribution >= 4 is 22.6 Å². The van der Waals surface area contributed by atoms with Crippen molar-refractivity contribution in [2.45, 2.75) is 44.3 Å². The van der Waals surface area contributed by atoms with Gasteiger partial charge in [0.15, 0.2) is 0 Å². The van der Waals surface area contributed by atoms with Crippen molar-refractivity contribution in [1.29, 1.82) is 0 Å². The van der Waals surface area contributed by atoms with Crippen molar-refractivity contribution in [3.63, 3.8) is 0 Å². The molecule has 0 spiro atoms. The molecule has 2 heterocycles. The molecule has 2 aliphatic carbocycles. The topological polar surface area (TPSA) is 62.2 Å². The number of carbonyl (C=O) groups is 1. The van der Waals surface area contributed by atoms with Crippen molar-refractivity contribution < 1.29 is 4.79 Å². The molecule has 0 radical (unpaired) electrons. The fraction of sp³-hybridized carbons (Fsp3) is 0.286. The number of hydrogen-bond acceptors (Lipinski definition) is 5. The fourth-order valence-electron chi connectivity index (χ4n) is 4.57. The minimum absolute atomic E-state index is 0.00381. The van der Waals surface area contributed by atoms with E-state index in [2.05, 4.69) is 69.4 Å². The van der Waals surface area contributed by atoms with Crippen molar-refractivity contribution in [2.75, 3.05) is 11.9 Å². The summed E-state index contributed by atoms with van der Waals surface area (Å²) in [4.78, 5) is 30.7. The third-order valence-electron chi connectivity index (χ3n) is 6.79. The third-order valence-corrected chi connectivity index (χ3v) is 6.79. The van der Waals surface area contributed by atoms with Crippen LogP contribution < -0.4 is 4.90 Å². The van der Waals surface area contributed by atoms with E-state index in [-0.39, 0.29) is 5.91 Å². The van der Waals surface area contributed by atoms with Crippen LogP contribution in [0.15, 0.2) is 73.2 Å². The average Bonchev–Trinajstić information content (AvgIpc) is 3.80. The standard InChI is InChI=1S/C28H27N5O/c1-32(22-9-10-22)27-24-16-21(8-13-25(24)30-18-31-27)20-6-4-5-19(15-20)17-33(23-11-12-23)28(34)26-7-2-3-14-29-26/h2-8,13-16,18,22-23H,9-12,17H2,1H3. The molecule has 0 bridgehead atoms. The van der Waals surface area contributed by atoms with Gasteiger partial charge < -0.3 is 9.80 Å². The molecule has 0 aliphatic heterocycles. The van der Waals surface area contributed by atoms with Gasteiger partial charge >= 0.3 is 0 Å². The Labute approximate surface area is 199 Å². The van der Waals surface area contributed by atoms with E-state index in [9.17, 15) is 4.79 Å². The summed E-state index contributed by atoms with van der Waals surface area (Å²) >= 11 is 0. The predicted molar refractivity (Wildman–Crippen MR) is 134 cm³/mol. The molecule has 0 atom stereocenters. The molecule has 1 amide bonds. The first-order chi connectivity index (χ1) is 16.7. The van der Waals surface area contributed by atoms with Crippen LogP contribution >= 0.6 is 0 Å². The van der Waals surface area contributed by atoms with Crippen LogP contribution in [0.1, 0.15) is 41.7 Å². The molecule has 0 unspecified atom stereocenters. The summed E-state index contributed by atoms with van der Waals surface area (Å²) in [5.41, 5.74) is 4.84. The highest BCUT2D eigenvalue weighted by atomic mass is 16.2. The van der Waals surface area contributed by atoms with Crippen LogP contribution in [0.25, 0.3) is 22.0 Å². The number of pyridine rings is 1. The number of amides is 1. The Kier molecular flexibility index (Phi) is 5.21. The van der Waals surface area contributed by atoms with Gasteiger partial charge in [-0.2, -0.15) is 0 Å². The maximum atomic E-state index is 13.1. The molecule has 2 aliphatic rings. The van der Waals surface area contributed by atoms with Crippen LogP contribution in [-0.2, 0) is 6.54 Å². The SMILES string of the molecule is CN(c1ncnc2ccc(-c3cccc(CN(C(=O)c4ccccn4)C4CC4)c3)cc12)C1CC1. The molecule has 0 saturated heterocycles. The molecule has 2 aromatic heterocycles. The minimum Gasteiger partial charge on any atom is -0.356 e. The first kappa shape index (κ1) is 20.8. The molecule has 2 saturated carbocycles. The Morgan fingerprint density at radius 2 is 1.71 bits per heavy atom. The smallest absolute Gasteiger partial charge is 0.272 e. The highest BCUT2D eigenvalue weighted by Crippen LogP contribution is 2.35. The minimum atomic E-state index is 0.00381. The lowest BCUT2D eigenvalue weighted by Crippen LogP contribution is -2.33. The average molecular weight is 450 g/mol. The van der Waals surface area contributed by atoms with Gasteiger partial charge in [-0.05, 0) is 72.7 Å². The van der Waals surface area contributed by atoms with Crippen molar-refractivity contribution in [2.24, 2.45) is 0 Å². The zero-order valence-electron chi connectivity index (χ0n) is 19.3. The Morgan fingerprint density at radius 1 is 0.882 bits per heavy atom. The van der Waals surface area contributed by atoms with Crippen LogP contribution in [-0.4, -0.2) is 44.9 Å². The van der Waals surface area contributed by atoms with Gasteiger partial charge in [-0.3, -0.25) is 9.78 Å². The zero-order chi connectivity index (χ0) is 23.1. The summed E-state index contributed by atoms with van der Waals surface area (Å²) in [5, 5.41) is 1.07. The molecule has 34 heavy (non-hydrogen) atoms. The summed E-state index contributed by atoms with van der Waals surface area (Å²) in [5.74, 6) is 0.996. The molecule has 170 valence electrons. The molecule has 2 aromatic carbocycles. The van der Waals surface area contributed by atoms with Gasteiger partial charge in [0.2, 0.25) is 0 Å². The first-order valence-electron chi connectivity index (χ1n) is 12.0. The summed E-state index contributed by atoms with van der Waals surface area (Å²) < 4.78 is 0. The number of benzene rings is 2. The lowest BCUT2D eigenvalue weighted by atomic mass is 10.0. The monoisotopic (exact) mass is 449 g/mol. The third kappa shape index (κ3) is 4.12. The maximum absolute atomic E-state index is 13.1. The van der Waals surface area contributed by atoms with Crippen molar-refractivity contribution in [1.82, 2.24) is 19.9 Å². The Morgan fingerprint density at radius 3 is 2.47 bits per heavy atom. The molecular formula is C28H27N5O. The van der Waals surface area contributed by atoms with E-state index in [1.807, 2.05) is 17.0 Å². The van der Waals surface area contributed by atoms with E-state index in [1.165, 1.54) is 12.8 Å². The van der Waals surface area contributed by atoms with Gasteiger partial charge in [0.05, 0.1) is 5.52 Å². The summed E-state index contributed by atoms with van der Waals surface area (Å²) in [7, 11) is 2.12. The van der Waals surface area contributed by atoms with Gasteiger partial charge in [-0.25, -0.2) is 9.97 Å². The van der Waals surface area contributed by atoms with Gasteiger partial charge in [-0.1, -0.05) is 30.3 Å². The second-order valence-corrected chi connectivity index (χ2v) is 9.35. The Bertz CT molecular complexity index is 1350. The van der Waals surface area contributed by atoms with E-state index in [4.69, 9.17) is 0 Å². The summed E-state index contributed by atoms with van der Waals surface area (Å²) in [6.45, 7) is 0.584. The Balaban J connectivity index is 1.31. The molecule has 6 nitrogen and oxygen atoms in total. The van der Waals surface area contributed by atoms with Crippen LogP contribution in [0.5, 0.6) is 0 Å². The lowest BCUT2D eigenvalue weighted by molar-refractivity contribution is 0.0724. The van der Waals surface area contributed by atoms with Crippen molar-refractivity contribution in [3.05, 3.63) is 84.4 Å². The highest BCUT2D eigenvalue weighted by Gasteiger charge is 2.33. The summed E-state index contributed by atoms with van der Waals surface area (Å²) in [6, 6.07) is 21.3. The summed E-state index contributed by atoms with van der Waals surface area (Å²) in [6.07, 6.45) is 7.89. The van der Waals surface area contributed by atoms with E-state index < -0.39 is 0 Å². The molecule has 4 aromatic rings. The van der Waals surface area contributed by atoms with Crippen LogP contribution in [0.3, 0.4) is 0 Å². The first-order valence-corrected chi connectivity index (χ1v) is 12.0. The van der Waals surface area contributed by atoms with E-state index in [0.29, 0.717) is 24.3 Å². The number of hydrogen-bond donors (Lipinski definition) is 0. The van der Waals surface area contributed by atoms with E-state index >= 15 is 0 Å². The van der Waals surface area contributed by atoms with Gasteiger partial charge in [0, 0.05) is 37.3 Å². The largest absolute Gasteiger partial charge is 0.356 e. The number of carbonyl (C=O) groups excluding carboxylic acids is 1. The molecule has 2 fully saturated rings. The maximum Gasteiger partial charge on any atom is 0.272 e. The van der Waals surface area contributed by atoms with Crippen LogP contribution in [0.4, 0.5) is 5.82 Å². The number of anilines is 1. The zero-order valence-corrected chi connectivity index (χ0v) is 19.3. The predicted octanol–water partition coefficient (Wildman–Crippen LogP) is 5.10. The lowest BCUT2D eigenvalue weighted by Gasteiger charge is -2.22. The normalized spacial score (nSPS) is 15.3. The second-order valence-electron chi connectivity index (χ2n) is 9.35. The van der Waals surface area contributed by atoms with Gasteiger partial charge in [-0.15, -0.1) is 0 Å². The quantitative estimate of drug-likeness (QED) is 0.393. The highest BCUT2D eigenvalue weighted by molar-refractivity contribution is 5.93. The second kappa shape index (κ2) is 8.52. The number of nitrogens with zero attached hydrogens (tertiary/aromatic N) is 5. The van der Waals surface area contributed by atoms with Gasteiger partial charge in [0.25, 0.3) is 5.91 Å². The number of rotatable bonds is 7. The number of fused-ring (bicyclic) bond motifs is 1. The van der Waals surface area contributed by atoms with Crippen molar-refractivity contribution in [3.8, 4) is 11.1 Å². The van der Waals surface area contributed by atoms with E-state index in [1.54, 1.807) is 18.6 Å². The van der Waals surface area contributed by atoms with E-state index in [0.717, 1.165) is 46.3 Å². The molecule has 6 heteroatoms. The molecular weight excluding hydrogens is 422 g/mol. The molecule has 6 rings (SSSR count). The van der Waals surface area contributed by atoms with Crippen LogP contribution in [0, 0.1) is 0 Å². The fourth-order valence-corrected chi connectivity index (χ4v) is 4.57. The molecule has 0 N–H and O–H groups in total. The van der Waals surface area contributed by atoms with Gasteiger partial charge in [0.1, 0.15) is 17.8 Å². The Hall–Kier alpha value is -3.80. The number of aromatic nitrogens is 3.